The second-order valence-corrected chi connectivity index (χ2v) is 5.29. The Labute approximate surface area is 110 Å². The third-order valence-corrected chi connectivity index (χ3v) is 3.61. The Morgan fingerprint density at radius 1 is 1.44 bits per heavy atom. The van der Waals surface area contributed by atoms with Gasteiger partial charge in [-0.25, -0.2) is 0 Å². The number of aromatic nitrogens is 3. The molecule has 18 heavy (non-hydrogen) atoms. The lowest BCUT2D eigenvalue weighted by Crippen LogP contribution is -1.99. The average molecular weight is 265 g/mol. The molecule has 96 valence electrons. The Morgan fingerprint density at radius 3 is 3.06 bits per heavy atom. The van der Waals surface area contributed by atoms with E-state index in [9.17, 15) is 0 Å². The number of thioether (sulfide) groups is 1. The molecule has 0 aliphatic carbocycles. The molecule has 0 saturated heterocycles. The first kappa shape index (κ1) is 13.0. The molecule has 0 fully saturated rings. The Bertz CT molecular complexity index is 475. The van der Waals surface area contributed by atoms with Crippen LogP contribution in [0, 0.1) is 0 Å². The average Bonchev–Trinajstić information content (AvgIpc) is 2.87. The van der Waals surface area contributed by atoms with Gasteiger partial charge in [-0.1, -0.05) is 18.1 Å². The van der Waals surface area contributed by atoms with Crippen LogP contribution in [0.25, 0.3) is 11.5 Å². The van der Waals surface area contributed by atoms with Crippen LogP contribution in [0.1, 0.15) is 19.2 Å². The van der Waals surface area contributed by atoms with Gasteiger partial charge in [0.05, 0.1) is 5.75 Å². The largest absolute Gasteiger partial charge is 0.396 e. The van der Waals surface area contributed by atoms with Gasteiger partial charge in [-0.15, -0.1) is 11.8 Å². The zero-order valence-corrected chi connectivity index (χ0v) is 10.9. The van der Waals surface area contributed by atoms with Crippen LogP contribution in [0.5, 0.6) is 0 Å². The van der Waals surface area contributed by atoms with Crippen LogP contribution in [0.15, 0.2) is 28.9 Å². The monoisotopic (exact) mass is 265 g/mol. The van der Waals surface area contributed by atoms with Gasteiger partial charge in [0.2, 0.25) is 11.7 Å². The smallest absolute Gasteiger partial charge is 0.237 e. The summed E-state index contributed by atoms with van der Waals surface area (Å²) >= 11 is 1.69. The highest BCUT2D eigenvalue weighted by Gasteiger charge is 2.10. The SMILES string of the molecule is CC(CCO)SCc1nc(-c2ccccn2)no1. The van der Waals surface area contributed by atoms with Gasteiger partial charge in [0, 0.05) is 18.1 Å². The van der Waals surface area contributed by atoms with Gasteiger partial charge in [0.1, 0.15) is 5.69 Å². The minimum Gasteiger partial charge on any atom is -0.396 e. The summed E-state index contributed by atoms with van der Waals surface area (Å²) in [5, 5.41) is 13.1. The highest BCUT2D eigenvalue weighted by molar-refractivity contribution is 7.99. The number of aliphatic hydroxyl groups excluding tert-OH is 1. The summed E-state index contributed by atoms with van der Waals surface area (Å²) in [6.45, 7) is 2.27. The lowest BCUT2D eigenvalue weighted by Gasteiger charge is -2.05. The lowest BCUT2D eigenvalue weighted by molar-refractivity contribution is 0.289. The maximum absolute atomic E-state index is 8.81. The van der Waals surface area contributed by atoms with Crippen LogP contribution < -0.4 is 0 Å². The van der Waals surface area contributed by atoms with E-state index in [1.54, 1.807) is 18.0 Å². The minimum atomic E-state index is 0.206. The minimum absolute atomic E-state index is 0.206. The highest BCUT2D eigenvalue weighted by Crippen LogP contribution is 2.20. The molecular formula is C12H15N3O2S. The van der Waals surface area contributed by atoms with Crippen molar-refractivity contribution in [2.24, 2.45) is 0 Å². The number of rotatable bonds is 6. The van der Waals surface area contributed by atoms with Crippen LogP contribution in [0.3, 0.4) is 0 Å². The molecule has 0 radical (unpaired) electrons. The molecular weight excluding hydrogens is 250 g/mol. The maximum atomic E-state index is 8.81. The fraction of sp³-hybridized carbons (Fsp3) is 0.417. The third kappa shape index (κ3) is 3.54. The van der Waals surface area contributed by atoms with Crippen LogP contribution in [0.2, 0.25) is 0 Å². The number of aliphatic hydroxyl groups is 1. The Morgan fingerprint density at radius 2 is 2.33 bits per heavy atom. The lowest BCUT2D eigenvalue weighted by atomic mass is 10.3. The molecule has 0 aliphatic heterocycles. The van der Waals surface area contributed by atoms with E-state index in [-0.39, 0.29) is 6.61 Å². The summed E-state index contributed by atoms with van der Waals surface area (Å²) in [5.74, 6) is 1.76. The van der Waals surface area contributed by atoms with Crippen LogP contribution >= 0.6 is 11.8 Å². The van der Waals surface area contributed by atoms with Crippen molar-refractivity contribution in [1.29, 1.82) is 0 Å². The zero-order valence-electron chi connectivity index (χ0n) is 10.1. The van der Waals surface area contributed by atoms with Gasteiger partial charge < -0.3 is 9.63 Å². The van der Waals surface area contributed by atoms with Crippen molar-refractivity contribution in [3.8, 4) is 11.5 Å². The fourth-order valence-electron chi connectivity index (χ4n) is 1.39. The molecule has 1 atom stereocenters. The van der Waals surface area contributed by atoms with E-state index < -0.39 is 0 Å². The van der Waals surface area contributed by atoms with Crippen molar-refractivity contribution in [2.45, 2.75) is 24.3 Å². The van der Waals surface area contributed by atoms with Gasteiger partial charge in [-0.2, -0.15) is 4.98 Å². The zero-order chi connectivity index (χ0) is 12.8. The van der Waals surface area contributed by atoms with Gasteiger partial charge >= 0.3 is 0 Å². The second-order valence-electron chi connectivity index (χ2n) is 3.86. The predicted molar refractivity (Wildman–Crippen MR) is 70.0 cm³/mol. The Balaban J connectivity index is 1.95. The molecule has 0 amide bonds. The van der Waals surface area contributed by atoms with Crippen molar-refractivity contribution >= 4 is 11.8 Å². The van der Waals surface area contributed by atoms with Crippen LogP contribution in [-0.4, -0.2) is 32.1 Å². The second kappa shape index (κ2) is 6.51. The maximum Gasteiger partial charge on any atom is 0.237 e. The first-order valence-corrected chi connectivity index (χ1v) is 6.81. The molecule has 1 unspecified atom stereocenters. The molecule has 0 aromatic carbocycles. The van der Waals surface area contributed by atoms with E-state index in [1.807, 2.05) is 18.2 Å². The molecule has 2 aromatic rings. The van der Waals surface area contributed by atoms with E-state index in [2.05, 4.69) is 22.0 Å². The van der Waals surface area contributed by atoms with Gasteiger partial charge in [-0.3, -0.25) is 4.98 Å². The summed E-state index contributed by atoms with van der Waals surface area (Å²) in [4.78, 5) is 8.45. The molecule has 2 rings (SSSR count). The first-order chi connectivity index (χ1) is 8.79. The van der Waals surface area contributed by atoms with Gasteiger partial charge in [-0.05, 0) is 18.6 Å². The van der Waals surface area contributed by atoms with Crippen molar-refractivity contribution in [1.82, 2.24) is 15.1 Å². The van der Waals surface area contributed by atoms with Crippen LogP contribution in [-0.2, 0) is 5.75 Å². The van der Waals surface area contributed by atoms with Crippen molar-refractivity contribution in [3.05, 3.63) is 30.3 Å². The molecule has 5 nitrogen and oxygen atoms in total. The van der Waals surface area contributed by atoms with Gasteiger partial charge in [0.25, 0.3) is 0 Å². The van der Waals surface area contributed by atoms with E-state index in [0.717, 1.165) is 6.42 Å². The van der Waals surface area contributed by atoms with Crippen molar-refractivity contribution < 1.29 is 9.63 Å². The first-order valence-electron chi connectivity index (χ1n) is 5.76. The molecule has 2 heterocycles. The standard InChI is InChI=1S/C12H15N3O2S/c1-9(5-7-16)18-8-11-14-12(15-17-11)10-4-2-3-6-13-10/h2-4,6,9,16H,5,7-8H2,1H3. The summed E-state index contributed by atoms with van der Waals surface area (Å²) in [5.41, 5.74) is 0.709. The van der Waals surface area contributed by atoms with E-state index in [4.69, 9.17) is 9.63 Å². The summed E-state index contributed by atoms with van der Waals surface area (Å²) in [6.07, 6.45) is 2.47. The number of pyridine rings is 1. The number of hydrogen-bond acceptors (Lipinski definition) is 6. The molecule has 0 bridgehead atoms. The Kier molecular flexibility index (Phi) is 4.72. The third-order valence-electron chi connectivity index (χ3n) is 2.39. The van der Waals surface area contributed by atoms with Crippen LogP contribution in [0.4, 0.5) is 0 Å². The molecule has 0 aliphatic rings. The van der Waals surface area contributed by atoms with Crippen molar-refractivity contribution in [3.63, 3.8) is 0 Å². The molecule has 2 aromatic heterocycles. The van der Waals surface area contributed by atoms with Crippen molar-refractivity contribution in [2.75, 3.05) is 6.61 Å². The summed E-state index contributed by atoms with van der Waals surface area (Å²) in [6, 6.07) is 5.57. The van der Waals surface area contributed by atoms with E-state index >= 15 is 0 Å². The fourth-order valence-corrected chi connectivity index (χ4v) is 2.21. The molecule has 0 spiro atoms. The topological polar surface area (TPSA) is 72.0 Å². The van der Waals surface area contributed by atoms with E-state index in [0.29, 0.717) is 28.4 Å². The molecule has 0 saturated carbocycles. The van der Waals surface area contributed by atoms with Gasteiger partial charge in [0.15, 0.2) is 0 Å². The number of hydrogen-bond donors (Lipinski definition) is 1. The quantitative estimate of drug-likeness (QED) is 0.862. The number of nitrogens with zero attached hydrogens (tertiary/aromatic N) is 3. The summed E-state index contributed by atoms with van der Waals surface area (Å²) < 4.78 is 5.16. The highest BCUT2D eigenvalue weighted by atomic mass is 32.2. The normalized spacial score (nSPS) is 12.6. The molecule has 6 heteroatoms. The predicted octanol–water partition coefficient (Wildman–Crippen LogP) is 2.14. The Hall–Kier alpha value is -1.40. The summed E-state index contributed by atoms with van der Waals surface area (Å²) in [7, 11) is 0. The molecule has 1 N–H and O–H groups in total. The van der Waals surface area contributed by atoms with E-state index in [1.165, 1.54) is 0 Å².